The number of hydrogen-bond acceptors (Lipinski definition) is 6. The molecule has 4 N–H and O–H groups in total. The molecule has 0 amide bonds. The predicted octanol–water partition coefficient (Wildman–Crippen LogP) is 3.43. The minimum atomic E-state index is -4.61. The third kappa shape index (κ3) is 6.84. The highest BCUT2D eigenvalue weighted by molar-refractivity contribution is 14.1. The summed E-state index contributed by atoms with van der Waals surface area (Å²) < 4.78 is 42.7. The van der Waals surface area contributed by atoms with Crippen molar-refractivity contribution < 1.29 is 31.8 Å². The Morgan fingerprint density at radius 1 is 1.11 bits per heavy atom. The molecule has 0 spiro atoms. The van der Waals surface area contributed by atoms with Crippen LogP contribution in [0.1, 0.15) is 5.56 Å². The van der Waals surface area contributed by atoms with Crippen LogP contribution in [0.25, 0.3) is 0 Å². The predicted molar refractivity (Wildman–Crippen MR) is 123 cm³/mol. The lowest BCUT2D eigenvalue weighted by molar-refractivity contribution is -0.138. The highest BCUT2D eigenvalue weighted by Gasteiger charge is 2.17. The molecule has 1 atom stereocenters. The van der Waals surface area contributed by atoms with E-state index in [1.807, 2.05) is 22.6 Å². The number of carboxylic acids is 1. The Morgan fingerprint density at radius 2 is 1.70 bits per heavy atom. The molecule has 27 heavy (non-hydrogen) atoms. The van der Waals surface area contributed by atoms with Gasteiger partial charge in [-0.15, -0.1) is 0 Å². The maximum absolute atomic E-state index is 10.9. The van der Waals surface area contributed by atoms with Crippen LogP contribution in [-0.4, -0.2) is 30.1 Å². The van der Waals surface area contributed by atoms with Crippen molar-refractivity contribution in [1.29, 1.82) is 0 Å². The lowest BCUT2D eigenvalue weighted by Crippen LogP contribution is -2.32. The number of carboxylic acid groups (broad SMARTS) is 1. The highest BCUT2D eigenvalue weighted by Crippen LogP contribution is 2.35. The van der Waals surface area contributed by atoms with Gasteiger partial charge >= 0.3 is 16.4 Å². The summed E-state index contributed by atoms with van der Waals surface area (Å²) in [5, 5.41) is 8.93. The molecule has 0 fully saturated rings. The van der Waals surface area contributed by atoms with Gasteiger partial charge in [-0.3, -0.25) is 9.35 Å². The Bertz CT molecular complexity index is 958. The number of hydrogen-bond donors (Lipinski definition) is 3. The molecule has 2 aromatic rings. The van der Waals surface area contributed by atoms with Crippen molar-refractivity contribution in [3.8, 4) is 17.2 Å². The first-order valence-corrected chi connectivity index (χ1v) is 11.7. The molecule has 0 aliphatic carbocycles. The first-order chi connectivity index (χ1) is 12.5. The van der Waals surface area contributed by atoms with E-state index in [1.54, 1.807) is 18.2 Å². The Hall–Kier alpha value is -0.430. The number of nitrogens with two attached hydrogens (primary N) is 1. The maximum atomic E-state index is 10.9. The third-order valence-corrected chi connectivity index (χ3v) is 5.99. The van der Waals surface area contributed by atoms with Crippen molar-refractivity contribution in [2.75, 3.05) is 0 Å². The summed E-state index contributed by atoms with van der Waals surface area (Å²) in [5.41, 5.74) is 6.35. The molecule has 0 aliphatic heterocycles. The first kappa shape index (κ1) is 22.9. The standard InChI is InChI=1S/C15H12I3NO7S/c16-9-6-8(1-2-13(9)26-27(22,23)24)25-14-10(17)3-7(4-11(14)18)5-12(19)15(20)21/h1-4,6,12H,5,19H2,(H,20,21)(H,22,23,24)/t12-/m0/s1. The second kappa shape index (κ2) is 9.38. The number of carbonyl (C=O) groups is 1. The van der Waals surface area contributed by atoms with Crippen molar-refractivity contribution in [2.24, 2.45) is 5.73 Å². The van der Waals surface area contributed by atoms with E-state index in [0.29, 0.717) is 15.1 Å². The Balaban J connectivity index is 2.25. The van der Waals surface area contributed by atoms with E-state index in [0.717, 1.165) is 12.7 Å². The van der Waals surface area contributed by atoms with Crippen LogP contribution in [0.4, 0.5) is 0 Å². The first-order valence-electron chi connectivity index (χ1n) is 7.07. The summed E-state index contributed by atoms with van der Waals surface area (Å²) in [6.45, 7) is 0. The van der Waals surface area contributed by atoms with Gasteiger partial charge < -0.3 is 19.8 Å². The van der Waals surface area contributed by atoms with Crippen molar-refractivity contribution in [1.82, 2.24) is 0 Å². The van der Waals surface area contributed by atoms with Crippen molar-refractivity contribution in [3.05, 3.63) is 46.6 Å². The number of benzene rings is 2. The largest absolute Gasteiger partial charge is 0.480 e. The molecule has 2 rings (SSSR count). The van der Waals surface area contributed by atoms with Crippen LogP contribution in [0.15, 0.2) is 30.3 Å². The lowest BCUT2D eigenvalue weighted by Gasteiger charge is -2.14. The zero-order chi connectivity index (χ0) is 20.4. The van der Waals surface area contributed by atoms with Crippen LogP contribution in [0.3, 0.4) is 0 Å². The van der Waals surface area contributed by atoms with Gasteiger partial charge in [-0.1, -0.05) is 0 Å². The summed E-state index contributed by atoms with van der Waals surface area (Å²) in [7, 11) is -4.61. The molecule has 2 aromatic carbocycles. The van der Waals surface area contributed by atoms with E-state index >= 15 is 0 Å². The summed E-state index contributed by atoms with van der Waals surface area (Å²) in [4.78, 5) is 10.9. The van der Waals surface area contributed by atoms with Crippen LogP contribution in [0.5, 0.6) is 17.2 Å². The number of aliphatic carboxylic acids is 1. The molecule has 0 aromatic heterocycles. The van der Waals surface area contributed by atoms with E-state index in [-0.39, 0.29) is 12.2 Å². The molecular weight excluding hydrogens is 719 g/mol. The molecule has 0 unspecified atom stereocenters. The Morgan fingerprint density at radius 3 is 2.19 bits per heavy atom. The van der Waals surface area contributed by atoms with Crippen LogP contribution < -0.4 is 14.7 Å². The topological polar surface area (TPSA) is 136 Å². The van der Waals surface area contributed by atoms with Gasteiger partial charge in [0.1, 0.15) is 11.8 Å². The van der Waals surface area contributed by atoms with E-state index < -0.39 is 22.4 Å². The molecule has 0 saturated heterocycles. The zero-order valence-electron chi connectivity index (χ0n) is 13.2. The summed E-state index contributed by atoms with van der Waals surface area (Å²) in [6, 6.07) is 7.03. The molecule has 8 nitrogen and oxygen atoms in total. The third-order valence-electron chi connectivity index (χ3n) is 3.15. The van der Waals surface area contributed by atoms with Gasteiger partial charge in [0.05, 0.1) is 10.7 Å². The van der Waals surface area contributed by atoms with E-state index in [9.17, 15) is 13.2 Å². The van der Waals surface area contributed by atoms with Gasteiger partial charge in [-0.2, -0.15) is 8.42 Å². The van der Waals surface area contributed by atoms with E-state index in [1.165, 1.54) is 12.1 Å². The van der Waals surface area contributed by atoms with Gasteiger partial charge in [-0.05, 0) is 110 Å². The second-order valence-corrected chi connectivity index (χ2v) is 9.75. The van der Waals surface area contributed by atoms with Crippen LogP contribution >= 0.6 is 67.8 Å². The fraction of sp³-hybridized carbons (Fsp3) is 0.133. The monoisotopic (exact) mass is 731 g/mol. The highest BCUT2D eigenvalue weighted by atomic mass is 127. The summed E-state index contributed by atoms with van der Waals surface area (Å²) >= 11 is 6.01. The zero-order valence-corrected chi connectivity index (χ0v) is 20.5. The van der Waals surface area contributed by atoms with E-state index in [2.05, 4.69) is 49.4 Å². The minimum Gasteiger partial charge on any atom is -0.480 e. The van der Waals surface area contributed by atoms with Crippen LogP contribution in [0, 0.1) is 10.7 Å². The molecule has 0 saturated carbocycles. The van der Waals surface area contributed by atoms with Crippen molar-refractivity contribution >= 4 is 84.1 Å². The quantitative estimate of drug-likeness (QED) is 0.292. The molecule has 0 bridgehead atoms. The SMILES string of the molecule is N[C@@H](Cc1cc(I)c(Oc2ccc(OS(=O)(=O)O)c(I)c2)c(I)c1)C(=O)O. The summed E-state index contributed by atoms with van der Waals surface area (Å²) in [5.74, 6) is -0.0778. The van der Waals surface area contributed by atoms with Gasteiger partial charge in [-0.25, -0.2) is 0 Å². The van der Waals surface area contributed by atoms with Crippen LogP contribution in [-0.2, 0) is 21.6 Å². The fourth-order valence-corrected chi connectivity index (χ4v) is 5.25. The van der Waals surface area contributed by atoms with Crippen molar-refractivity contribution in [2.45, 2.75) is 12.5 Å². The lowest BCUT2D eigenvalue weighted by atomic mass is 10.1. The second-order valence-electron chi connectivity index (χ2n) is 5.24. The molecule has 0 radical (unpaired) electrons. The van der Waals surface area contributed by atoms with Gasteiger partial charge in [0.15, 0.2) is 11.5 Å². The summed E-state index contributed by atoms with van der Waals surface area (Å²) in [6.07, 6.45) is 0.196. The fourth-order valence-electron chi connectivity index (χ4n) is 2.01. The smallest absolute Gasteiger partial charge is 0.446 e. The van der Waals surface area contributed by atoms with Crippen molar-refractivity contribution in [3.63, 3.8) is 0 Å². The molecule has 0 aliphatic rings. The normalized spacial score (nSPS) is 12.5. The van der Waals surface area contributed by atoms with Crippen LogP contribution in [0.2, 0.25) is 0 Å². The van der Waals surface area contributed by atoms with Gasteiger partial charge in [0.2, 0.25) is 0 Å². The van der Waals surface area contributed by atoms with Gasteiger partial charge in [0.25, 0.3) is 0 Å². The van der Waals surface area contributed by atoms with Gasteiger partial charge in [0, 0.05) is 0 Å². The van der Waals surface area contributed by atoms with E-state index in [4.69, 9.17) is 20.1 Å². The minimum absolute atomic E-state index is 0.0205. The average Bonchev–Trinajstić information content (AvgIpc) is 2.52. The molecule has 12 heteroatoms. The maximum Gasteiger partial charge on any atom is 0.446 e. The Labute approximate surface area is 196 Å². The Kier molecular flexibility index (Phi) is 7.94. The number of ether oxygens (including phenoxy) is 1. The molecular formula is C15H12I3NO7S. The number of halogens is 3. The molecule has 0 heterocycles. The molecule has 146 valence electrons. The average molecular weight is 731 g/mol. The number of rotatable bonds is 7.